The van der Waals surface area contributed by atoms with Gasteiger partial charge in [0.15, 0.2) is 0 Å². The summed E-state index contributed by atoms with van der Waals surface area (Å²) < 4.78 is 21.2. The van der Waals surface area contributed by atoms with Crippen molar-refractivity contribution in [2.24, 2.45) is 0 Å². The molecular weight excluding hydrogens is 447 g/mol. The number of piperidine rings is 1. The zero-order valence-electron chi connectivity index (χ0n) is 19.3. The highest BCUT2D eigenvalue weighted by Crippen LogP contribution is 2.28. The highest BCUT2D eigenvalue weighted by atomic mass is 19.1. The Morgan fingerprint density at radius 3 is 2.80 bits per heavy atom. The van der Waals surface area contributed by atoms with E-state index in [2.05, 4.69) is 25.5 Å². The molecule has 0 aliphatic carbocycles. The van der Waals surface area contributed by atoms with Crippen molar-refractivity contribution < 1.29 is 13.9 Å². The molecule has 0 unspecified atom stereocenters. The Kier molecular flexibility index (Phi) is 5.79. The lowest BCUT2D eigenvalue weighted by atomic mass is 10.0. The molecule has 6 rings (SSSR count). The van der Waals surface area contributed by atoms with Crippen LogP contribution in [0.5, 0.6) is 0 Å². The lowest BCUT2D eigenvalue weighted by molar-refractivity contribution is -0.00220. The third-order valence-electron chi connectivity index (χ3n) is 7.03. The second-order valence-electron chi connectivity index (χ2n) is 9.32. The van der Waals surface area contributed by atoms with Crippen LogP contribution in [0.4, 0.5) is 4.39 Å². The largest absolute Gasteiger partial charge is 0.365 e. The third-order valence-corrected chi connectivity index (χ3v) is 7.03. The van der Waals surface area contributed by atoms with E-state index in [-0.39, 0.29) is 23.9 Å². The average Bonchev–Trinajstić information content (AvgIpc) is 3.52. The van der Waals surface area contributed by atoms with Gasteiger partial charge in [-0.1, -0.05) is 23.4 Å². The Balaban J connectivity index is 1.02. The number of aromatic nitrogens is 4. The summed E-state index contributed by atoms with van der Waals surface area (Å²) >= 11 is 0. The number of nitrogens with one attached hydrogen (secondary N) is 2. The van der Waals surface area contributed by atoms with Gasteiger partial charge in [-0.15, -0.1) is 5.10 Å². The molecule has 0 radical (unpaired) electrons. The summed E-state index contributed by atoms with van der Waals surface area (Å²) in [4.78, 5) is 18.2. The zero-order chi connectivity index (χ0) is 23.8. The van der Waals surface area contributed by atoms with Gasteiger partial charge in [-0.25, -0.2) is 9.07 Å². The number of nitrogens with zero attached hydrogens (tertiary/aromatic N) is 4. The molecule has 4 heterocycles. The Bertz CT molecular complexity index is 1340. The van der Waals surface area contributed by atoms with Crippen LogP contribution < -0.4 is 5.32 Å². The van der Waals surface area contributed by atoms with E-state index >= 15 is 0 Å². The van der Waals surface area contributed by atoms with E-state index in [0.29, 0.717) is 25.3 Å². The van der Waals surface area contributed by atoms with Crippen molar-refractivity contribution in [2.75, 3.05) is 13.1 Å². The molecule has 9 heteroatoms. The molecule has 8 nitrogen and oxygen atoms in total. The normalized spacial score (nSPS) is 19.1. The summed E-state index contributed by atoms with van der Waals surface area (Å²) in [6.07, 6.45) is 3.51. The molecule has 4 aromatic rings. The van der Waals surface area contributed by atoms with Crippen LogP contribution in [0.15, 0.2) is 54.7 Å². The van der Waals surface area contributed by atoms with E-state index in [1.807, 2.05) is 35.1 Å². The summed E-state index contributed by atoms with van der Waals surface area (Å²) in [5.41, 5.74) is 4.52. The van der Waals surface area contributed by atoms with Crippen molar-refractivity contribution in [1.29, 1.82) is 0 Å². The molecule has 1 saturated heterocycles. The number of H-pyrrole nitrogens is 1. The summed E-state index contributed by atoms with van der Waals surface area (Å²) in [6.45, 7) is 3.47. The standard InChI is InChI=1S/C26H27FN6O2/c27-20-5-3-18(4-6-20)25-15-33-24(16-35-25)23(30-31-33)14-32-11-8-21(9-12-32)29-26(34)19-2-1-17-7-10-28-22(17)13-19/h1-7,10,13,21,25,28H,8-9,11-12,14-16H2,(H,29,34)/t25-/m0/s1. The number of carbonyl (C=O) groups excluding carboxylic acids is 1. The maximum absolute atomic E-state index is 13.2. The smallest absolute Gasteiger partial charge is 0.251 e. The number of fused-ring (bicyclic) bond motifs is 2. The zero-order valence-corrected chi connectivity index (χ0v) is 19.3. The third kappa shape index (κ3) is 4.56. The highest BCUT2D eigenvalue weighted by Gasteiger charge is 2.27. The average molecular weight is 475 g/mol. The first-order valence-electron chi connectivity index (χ1n) is 12.0. The molecule has 2 aromatic heterocycles. The molecule has 2 aliphatic heterocycles. The minimum absolute atomic E-state index is 0.0276. The number of aromatic amines is 1. The predicted octanol–water partition coefficient (Wildman–Crippen LogP) is 3.56. The quantitative estimate of drug-likeness (QED) is 0.462. The number of benzene rings is 2. The van der Waals surface area contributed by atoms with Crippen molar-refractivity contribution in [3.05, 3.63) is 83.1 Å². The fourth-order valence-corrected chi connectivity index (χ4v) is 4.97. The molecule has 35 heavy (non-hydrogen) atoms. The summed E-state index contributed by atoms with van der Waals surface area (Å²) in [6, 6.07) is 14.3. The van der Waals surface area contributed by atoms with Gasteiger partial charge in [0, 0.05) is 43.0 Å². The first-order valence-corrected chi connectivity index (χ1v) is 12.0. The molecule has 180 valence electrons. The highest BCUT2D eigenvalue weighted by molar-refractivity contribution is 5.98. The maximum Gasteiger partial charge on any atom is 0.251 e. The topological polar surface area (TPSA) is 88.1 Å². The SMILES string of the molecule is O=C(NC1CCN(Cc2nnn3c2CO[C@H](c2ccc(F)cc2)C3)CC1)c1ccc2cc[nH]c2c1. The minimum Gasteiger partial charge on any atom is -0.365 e. The molecular formula is C26H27FN6O2. The van der Waals surface area contributed by atoms with Crippen molar-refractivity contribution >= 4 is 16.8 Å². The van der Waals surface area contributed by atoms with Crippen LogP contribution >= 0.6 is 0 Å². The van der Waals surface area contributed by atoms with Crippen LogP contribution in [0, 0.1) is 5.82 Å². The van der Waals surface area contributed by atoms with Gasteiger partial charge in [0.05, 0.1) is 18.8 Å². The Morgan fingerprint density at radius 2 is 1.97 bits per heavy atom. The van der Waals surface area contributed by atoms with Crippen LogP contribution in [0.3, 0.4) is 0 Å². The Hall–Kier alpha value is -3.56. The molecule has 2 N–H and O–H groups in total. The number of hydrogen-bond donors (Lipinski definition) is 2. The number of halogens is 1. The second-order valence-corrected chi connectivity index (χ2v) is 9.32. The monoisotopic (exact) mass is 474 g/mol. The van der Waals surface area contributed by atoms with E-state index in [0.717, 1.165) is 53.8 Å². The van der Waals surface area contributed by atoms with E-state index in [4.69, 9.17) is 4.74 Å². The first-order chi connectivity index (χ1) is 17.1. The lowest BCUT2D eigenvalue weighted by Gasteiger charge is -2.32. The van der Waals surface area contributed by atoms with Crippen molar-refractivity contribution in [2.45, 2.75) is 44.7 Å². The van der Waals surface area contributed by atoms with Crippen LogP contribution in [0.2, 0.25) is 0 Å². The summed E-state index contributed by atoms with van der Waals surface area (Å²) in [7, 11) is 0. The predicted molar refractivity (Wildman–Crippen MR) is 128 cm³/mol. The fourth-order valence-electron chi connectivity index (χ4n) is 4.97. The first kappa shape index (κ1) is 21.9. The van der Waals surface area contributed by atoms with Crippen LogP contribution in [0.1, 0.15) is 46.3 Å². The van der Waals surface area contributed by atoms with Gasteiger partial charge >= 0.3 is 0 Å². The molecule has 1 atom stereocenters. The van der Waals surface area contributed by atoms with Gasteiger partial charge in [-0.3, -0.25) is 9.69 Å². The number of carbonyl (C=O) groups is 1. The van der Waals surface area contributed by atoms with Crippen LogP contribution in [0.25, 0.3) is 10.9 Å². The van der Waals surface area contributed by atoms with Gasteiger partial charge in [0.25, 0.3) is 5.91 Å². The van der Waals surface area contributed by atoms with Gasteiger partial charge in [-0.2, -0.15) is 0 Å². The number of hydrogen-bond acceptors (Lipinski definition) is 5. The molecule has 0 saturated carbocycles. The number of likely N-dealkylation sites (tertiary alicyclic amines) is 1. The summed E-state index contributed by atoms with van der Waals surface area (Å²) in [5, 5.41) is 13.1. The molecule has 1 amide bonds. The van der Waals surface area contributed by atoms with Gasteiger partial charge in [0.2, 0.25) is 0 Å². The fraction of sp³-hybridized carbons (Fsp3) is 0.346. The molecule has 0 spiro atoms. The van der Waals surface area contributed by atoms with E-state index < -0.39 is 0 Å². The van der Waals surface area contributed by atoms with E-state index in [9.17, 15) is 9.18 Å². The second kappa shape index (κ2) is 9.24. The molecule has 2 aromatic carbocycles. The number of ether oxygens (including phenoxy) is 1. The maximum atomic E-state index is 13.2. The van der Waals surface area contributed by atoms with E-state index in [1.165, 1.54) is 12.1 Å². The van der Waals surface area contributed by atoms with Gasteiger partial charge in [-0.05, 0) is 54.1 Å². The molecule has 1 fully saturated rings. The van der Waals surface area contributed by atoms with Crippen molar-refractivity contribution in [3.63, 3.8) is 0 Å². The molecule has 0 bridgehead atoms. The molecule has 2 aliphatic rings. The van der Waals surface area contributed by atoms with Gasteiger partial charge < -0.3 is 15.0 Å². The van der Waals surface area contributed by atoms with Crippen molar-refractivity contribution in [1.82, 2.24) is 30.2 Å². The minimum atomic E-state index is -0.255. The summed E-state index contributed by atoms with van der Waals surface area (Å²) in [5.74, 6) is -0.283. The number of rotatable bonds is 5. The Morgan fingerprint density at radius 1 is 1.14 bits per heavy atom. The Labute approximate surface area is 202 Å². The van der Waals surface area contributed by atoms with E-state index in [1.54, 1.807) is 12.1 Å². The van der Waals surface area contributed by atoms with Crippen molar-refractivity contribution in [3.8, 4) is 0 Å². The lowest BCUT2D eigenvalue weighted by Crippen LogP contribution is -2.44. The van der Waals surface area contributed by atoms with Crippen LogP contribution in [-0.2, 0) is 24.4 Å². The number of amides is 1. The van der Waals surface area contributed by atoms with Gasteiger partial charge in [0.1, 0.15) is 17.6 Å². The van der Waals surface area contributed by atoms with Crippen LogP contribution in [-0.4, -0.2) is 49.9 Å².